The molecule has 1 aliphatic carbocycles. The summed E-state index contributed by atoms with van der Waals surface area (Å²) in [5, 5.41) is 1.05. The van der Waals surface area contributed by atoms with Gasteiger partial charge in [-0.05, 0) is 66.8 Å². The molecule has 0 unspecified atom stereocenters. The average Bonchev–Trinajstić information content (AvgIpc) is 3.19. The molecule has 2 heterocycles. The fraction of sp³-hybridized carbons (Fsp3) is 0.375. The molecule has 0 bridgehead atoms. The minimum Gasteiger partial charge on any atom is -0.486 e. The second-order valence-corrected chi connectivity index (χ2v) is 7.89. The lowest BCUT2D eigenvalue weighted by atomic mass is 10.0. The summed E-state index contributed by atoms with van der Waals surface area (Å²) in [5.41, 5.74) is 4.14. The third-order valence-corrected chi connectivity index (χ3v) is 5.91. The molecule has 3 aromatic rings. The molecule has 1 atom stereocenters. The molecule has 5 nitrogen and oxygen atoms in total. The van der Waals surface area contributed by atoms with Gasteiger partial charge in [0.2, 0.25) is 0 Å². The van der Waals surface area contributed by atoms with Crippen LogP contribution in [0.2, 0.25) is 0 Å². The number of benzene rings is 2. The predicted octanol–water partition coefficient (Wildman–Crippen LogP) is 3.94. The molecular weight excluding hydrogens is 366 g/mol. The van der Waals surface area contributed by atoms with Gasteiger partial charge in [-0.1, -0.05) is 19.1 Å². The highest BCUT2D eigenvalue weighted by molar-refractivity contribution is 5.82. The lowest BCUT2D eigenvalue weighted by molar-refractivity contribution is 0.0581. The van der Waals surface area contributed by atoms with Crippen molar-refractivity contribution < 1.29 is 13.9 Å². The zero-order valence-corrected chi connectivity index (χ0v) is 16.6. The van der Waals surface area contributed by atoms with Gasteiger partial charge in [-0.3, -0.25) is 4.90 Å². The third-order valence-electron chi connectivity index (χ3n) is 5.91. The first-order valence-corrected chi connectivity index (χ1v) is 10.4. The second kappa shape index (κ2) is 7.56. The van der Waals surface area contributed by atoms with Crippen LogP contribution >= 0.6 is 0 Å². The van der Waals surface area contributed by atoms with Gasteiger partial charge in [0, 0.05) is 24.5 Å². The third kappa shape index (κ3) is 3.62. The van der Waals surface area contributed by atoms with Crippen LogP contribution in [0.25, 0.3) is 11.0 Å². The van der Waals surface area contributed by atoms with Gasteiger partial charge in [-0.15, -0.1) is 0 Å². The summed E-state index contributed by atoms with van der Waals surface area (Å²) in [5.74, 6) is 1.59. The number of fused-ring (bicyclic) bond motifs is 3. The van der Waals surface area contributed by atoms with E-state index in [-0.39, 0.29) is 11.7 Å². The number of ether oxygens (including phenoxy) is 2. The maximum atomic E-state index is 12.2. The van der Waals surface area contributed by atoms with E-state index in [1.165, 1.54) is 17.5 Å². The van der Waals surface area contributed by atoms with E-state index in [0.29, 0.717) is 18.7 Å². The van der Waals surface area contributed by atoms with Crippen LogP contribution in [0.4, 0.5) is 0 Å². The van der Waals surface area contributed by atoms with E-state index >= 15 is 0 Å². The van der Waals surface area contributed by atoms with Crippen LogP contribution in [0.5, 0.6) is 11.5 Å². The van der Waals surface area contributed by atoms with Gasteiger partial charge < -0.3 is 13.9 Å². The largest absolute Gasteiger partial charge is 0.486 e. The zero-order chi connectivity index (χ0) is 19.8. The Balaban J connectivity index is 1.38. The van der Waals surface area contributed by atoms with Crippen molar-refractivity contribution in [3.63, 3.8) is 0 Å². The van der Waals surface area contributed by atoms with E-state index in [4.69, 9.17) is 13.9 Å². The Kier molecular flexibility index (Phi) is 4.76. The van der Waals surface area contributed by atoms with E-state index in [2.05, 4.69) is 24.0 Å². The van der Waals surface area contributed by atoms with Gasteiger partial charge >= 0.3 is 5.63 Å². The summed E-state index contributed by atoms with van der Waals surface area (Å²) in [6.45, 7) is 4.92. The molecule has 2 aliphatic rings. The maximum Gasteiger partial charge on any atom is 0.336 e. The number of para-hydroxylation sites is 2. The topological polar surface area (TPSA) is 51.9 Å². The monoisotopic (exact) mass is 391 g/mol. The molecule has 0 saturated heterocycles. The Morgan fingerprint density at radius 3 is 2.69 bits per heavy atom. The van der Waals surface area contributed by atoms with E-state index in [0.717, 1.165) is 48.4 Å². The Bertz CT molecular complexity index is 1100. The molecule has 0 fully saturated rings. The van der Waals surface area contributed by atoms with Crippen LogP contribution in [0.1, 0.15) is 30.0 Å². The highest BCUT2D eigenvalue weighted by atomic mass is 16.6. The number of hydrogen-bond donors (Lipinski definition) is 0. The van der Waals surface area contributed by atoms with Gasteiger partial charge in [-0.25, -0.2) is 4.79 Å². The molecule has 2 aromatic carbocycles. The number of rotatable bonds is 5. The molecule has 0 radical (unpaired) electrons. The van der Waals surface area contributed by atoms with Crippen LogP contribution in [0.3, 0.4) is 0 Å². The number of hydrogen-bond acceptors (Lipinski definition) is 5. The van der Waals surface area contributed by atoms with Crippen molar-refractivity contribution in [2.45, 2.75) is 38.8 Å². The molecule has 0 amide bonds. The summed E-state index contributed by atoms with van der Waals surface area (Å²) in [4.78, 5) is 14.5. The Hall–Kier alpha value is -2.79. The maximum absolute atomic E-state index is 12.2. The molecule has 29 heavy (non-hydrogen) atoms. The fourth-order valence-corrected chi connectivity index (χ4v) is 4.41. The first-order valence-electron chi connectivity index (χ1n) is 10.4. The summed E-state index contributed by atoms with van der Waals surface area (Å²) < 4.78 is 17.5. The van der Waals surface area contributed by atoms with Crippen LogP contribution in [-0.2, 0) is 19.4 Å². The Morgan fingerprint density at radius 2 is 1.86 bits per heavy atom. The van der Waals surface area contributed by atoms with Crippen LogP contribution in [-0.4, -0.2) is 30.7 Å². The molecule has 0 spiro atoms. The van der Waals surface area contributed by atoms with Gasteiger partial charge in [0.05, 0.1) is 0 Å². The van der Waals surface area contributed by atoms with E-state index in [1.54, 1.807) is 6.07 Å². The minimum atomic E-state index is -0.285. The summed E-state index contributed by atoms with van der Waals surface area (Å²) in [7, 11) is 0. The quantitative estimate of drug-likeness (QED) is 0.617. The molecule has 1 aliphatic heterocycles. The lowest BCUT2D eigenvalue weighted by Crippen LogP contribution is -2.40. The molecule has 0 saturated carbocycles. The van der Waals surface area contributed by atoms with Gasteiger partial charge in [0.15, 0.2) is 11.5 Å². The van der Waals surface area contributed by atoms with Crippen LogP contribution < -0.4 is 15.1 Å². The van der Waals surface area contributed by atoms with Crippen molar-refractivity contribution in [3.8, 4) is 11.5 Å². The van der Waals surface area contributed by atoms with Crippen molar-refractivity contribution in [2.24, 2.45) is 0 Å². The summed E-state index contributed by atoms with van der Waals surface area (Å²) >= 11 is 0. The Morgan fingerprint density at radius 1 is 1.07 bits per heavy atom. The van der Waals surface area contributed by atoms with Crippen LogP contribution in [0, 0.1) is 0 Å². The molecule has 5 rings (SSSR count). The van der Waals surface area contributed by atoms with E-state index in [9.17, 15) is 4.79 Å². The highest BCUT2D eigenvalue weighted by Gasteiger charge is 2.23. The van der Waals surface area contributed by atoms with Crippen LogP contribution in [0.15, 0.2) is 51.7 Å². The zero-order valence-electron chi connectivity index (χ0n) is 16.6. The Labute approximate surface area is 169 Å². The second-order valence-electron chi connectivity index (χ2n) is 7.89. The summed E-state index contributed by atoms with van der Waals surface area (Å²) in [6.07, 6.45) is 3.31. The summed E-state index contributed by atoms with van der Waals surface area (Å²) in [6, 6.07) is 13.7. The van der Waals surface area contributed by atoms with Crippen molar-refractivity contribution in [3.05, 3.63) is 69.6 Å². The van der Waals surface area contributed by atoms with E-state index in [1.807, 2.05) is 24.3 Å². The first-order chi connectivity index (χ1) is 14.2. The SMILES string of the molecule is CCN(Cc1cc(=O)oc2cc3c(cc12)CCC3)C[C@H]1COc2ccccc2O1. The molecule has 1 aromatic heterocycles. The molecular formula is C24H25NO4. The smallest absolute Gasteiger partial charge is 0.336 e. The van der Waals surface area contributed by atoms with Crippen molar-refractivity contribution in [1.29, 1.82) is 0 Å². The number of aryl methyl sites for hydroxylation is 2. The van der Waals surface area contributed by atoms with Gasteiger partial charge in [0.1, 0.15) is 18.3 Å². The van der Waals surface area contributed by atoms with Crippen molar-refractivity contribution in [1.82, 2.24) is 4.90 Å². The fourth-order valence-electron chi connectivity index (χ4n) is 4.41. The van der Waals surface area contributed by atoms with E-state index < -0.39 is 0 Å². The minimum absolute atomic E-state index is 0.0412. The highest BCUT2D eigenvalue weighted by Crippen LogP contribution is 2.32. The normalized spacial score (nSPS) is 17.7. The number of nitrogens with zero attached hydrogens (tertiary/aromatic N) is 1. The molecule has 150 valence electrons. The first kappa shape index (κ1) is 18.3. The number of likely N-dealkylation sites (N-methyl/N-ethyl adjacent to an activating group) is 1. The standard InChI is InChI=1S/C24H25NO4/c1-2-25(14-19-15-27-21-8-3-4-9-22(21)28-19)13-18-12-24(26)29-23-11-17-7-5-6-16(17)10-20(18)23/h3-4,8-12,19H,2,5-7,13-15H2,1H3/t19-/m0/s1. The van der Waals surface area contributed by atoms with Crippen molar-refractivity contribution >= 4 is 11.0 Å². The molecule has 5 heteroatoms. The van der Waals surface area contributed by atoms with Gasteiger partial charge in [-0.2, -0.15) is 0 Å². The van der Waals surface area contributed by atoms with Gasteiger partial charge in [0.25, 0.3) is 0 Å². The molecule has 0 N–H and O–H groups in total. The average molecular weight is 391 g/mol. The van der Waals surface area contributed by atoms with Crippen molar-refractivity contribution in [2.75, 3.05) is 19.7 Å². The predicted molar refractivity (Wildman–Crippen MR) is 112 cm³/mol. The lowest BCUT2D eigenvalue weighted by Gasteiger charge is -2.31.